The van der Waals surface area contributed by atoms with Crippen LogP contribution in [0, 0.1) is 6.92 Å². The molecule has 2 aliphatic rings. The molecule has 0 aliphatic carbocycles. The van der Waals surface area contributed by atoms with Crippen LogP contribution in [0.15, 0.2) is 64.5 Å². The summed E-state index contributed by atoms with van der Waals surface area (Å²) < 4.78 is 0. The number of aromatic nitrogens is 1. The molecule has 3 heteroatoms. The van der Waals surface area contributed by atoms with E-state index in [1.54, 1.807) is 0 Å². The van der Waals surface area contributed by atoms with Gasteiger partial charge in [0.25, 0.3) is 0 Å². The van der Waals surface area contributed by atoms with Gasteiger partial charge < -0.3 is 0 Å². The van der Waals surface area contributed by atoms with Crippen LogP contribution in [0.1, 0.15) is 30.5 Å². The van der Waals surface area contributed by atoms with Gasteiger partial charge in [0.1, 0.15) is 5.82 Å². The van der Waals surface area contributed by atoms with Crippen LogP contribution in [0.4, 0.5) is 17.2 Å². The number of benzene rings is 2. The quantitative estimate of drug-likeness (QED) is 0.395. The molecule has 0 bridgehead atoms. The summed E-state index contributed by atoms with van der Waals surface area (Å²) in [6.45, 7) is 6.76. The van der Waals surface area contributed by atoms with Crippen LogP contribution in [-0.2, 0) is 5.41 Å². The lowest BCUT2D eigenvalue weighted by molar-refractivity contribution is 0.624. The minimum absolute atomic E-state index is 0.0483. The van der Waals surface area contributed by atoms with Gasteiger partial charge in [-0.1, -0.05) is 49.9 Å². The third kappa shape index (κ3) is 1.71. The number of aryl methyl sites for hydroxylation is 1. The van der Waals surface area contributed by atoms with Crippen LogP contribution in [0.25, 0.3) is 0 Å². The highest BCUT2D eigenvalue weighted by Gasteiger charge is 2.41. The number of pyridine rings is 1. The van der Waals surface area contributed by atoms with Gasteiger partial charge in [0, 0.05) is 27.0 Å². The minimum Gasteiger partial charge on any atom is -0.292 e. The molecule has 2 aromatic carbocycles. The lowest BCUT2D eigenvalue weighted by atomic mass is 9.74. The van der Waals surface area contributed by atoms with Gasteiger partial charge in [-0.2, -0.15) is 0 Å². The van der Waals surface area contributed by atoms with Crippen molar-refractivity contribution in [2.24, 2.45) is 0 Å². The van der Waals surface area contributed by atoms with Gasteiger partial charge in [0.05, 0.1) is 11.4 Å². The molecule has 0 atom stereocenters. The van der Waals surface area contributed by atoms with Crippen molar-refractivity contribution >= 4 is 29.0 Å². The Kier molecular flexibility index (Phi) is 2.73. The Morgan fingerprint density at radius 3 is 2.67 bits per heavy atom. The topological polar surface area (TPSA) is 16.1 Å². The Labute approximate surface area is 146 Å². The summed E-state index contributed by atoms with van der Waals surface area (Å²) in [4.78, 5) is 9.76. The molecule has 118 valence electrons. The first-order valence-electron chi connectivity index (χ1n) is 8.25. The Morgan fingerprint density at radius 1 is 0.958 bits per heavy atom. The van der Waals surface area contributed by atoms with Gasteiger partial charge in [-0.3, -0.25) is 4.90 Å². The van der Waals surface area contributed by atoms with E-state index in [-0.39, 0.29) is 5.41 Å². The fourth-order valence-electron chi connectivity index (χ4n) is 3.90. The molecule has 0 N–H and O–H groups in total. The monoisotopic (exact) mass is 330 g/mol. The van der Waals surface area contributed by atoms with Crippen LogP contribution >= 0.6 is 11.8 Å². The van der Waals surface area contributed by atoms with Gasteiger partial charge in [-0.15, -0.1) is 0 Å². The van der Waals surface area contributed by atoms with E-state index < -0.39 is 0 Å². The molecule has 0 unspecified atom stereocenters. The molecule has 0 amide bonds. The highest BCUT2D eigenvalue weighted by Crippen LogP contribution is 2.59. The molecule has 0 spiro atoms. The number of hydrogen-bond donors (Lipinski definition) is 0. The predicted octanol–water partition coefficient (Wildman–Crippen LogP) is 5.96. The average Bonchev–Trinajstić information content (AvgIpc) is 2.58. The molecular formula is C21H18N2S. The zero-order valence-corrected chi connectivity index (χ0v) is 14.8. The van der Waals surface area contributed by atoms with E-state index in [9.17, 15) is 0 Å². The van der Waals surface area contributed by atoms with Crippen LogP contribution in [0.3, 0.4) is 0 Å². The number of hydrogen-bond acceptors (Lipinski definition) is 3. The summed E-state index contributed by atoms with van der Waals surface area (Å²) in [5.41, 5.74) is 6.44. The first-order chi connectivity index (χ1) is 11.6. The zero-order chi connectivity index (χ0) is 16.5. The van der Waals surface area contributed by atoms with E-state index >= 15 is 0 Å². The van der Waals surface area contributed by atoms with Crippen LogP contribution in [-0.4, -0.2) is 4.98 Å². The van der Waals surface area contributed by atoms with Crippen LogP contribution < -0.4 is 4.90 Å². The summed E-state index contributed by atoms with van der Waals surface area (Å²) in [6.07, 6.45) is 1.90. The van der Waals surface area contributed by atoms with Gasteiger partial charge in [0.2, 0.25) is 0 Å². The molecule has 2 aliphatic heterocycles. The summed E-state index contributed by atoms with van der Waals surface area (Å²) in [5.74, 6) is 1.06. The molecule has 2 nitrogen and oxygen atoms in total. The molecule has 0 saturated heterocycles. The van der Waals surface area contributed by atoms with E-state index in [0.717, 1.165) is 5.82 Å². The van der Waals surface area contributed by atoms with E-state index in [4.69, 9.17) is 4.98 Å². The van der Waals surface area contributed by atoms with Crippen molar-refractivity contribution in [3.63, 3.8) is 0 Å². The Hall–Kier alpha value is -2.26. The second-order valence-corrected chi connectivity index (χ2v) is 8.14. The SMILES string of the molecule is Cc1ccc2c(c1)N1c3ncccc3C(C)(C)c3cccc(c31)S2. The highest BCUT2D eigenvalue weighted by atomic mass is 32.2. The number of fused-ring (bicyclic) bond motifs is 4. The zero-order valence-electron chi connectivity index (χ0n) is 14.0. The molecule has 0 fully saturated rings. The molecular weight excluding hydrogens is 312 g/mol. The van der Waals surface area contributed by atoms with Crippen molar-refractivity contribution < 1.29 is 0 Å². The largest absolute Gasteiger partial charge is 0.292 e. The van der Waals surface area contributed by atoms with Gasteiger partial charge >= 0.3 is 0 Å². The van der Waals surface area contributed by atoms with Crippen molar-refractivity contribution in [2.45, 2.75) is 36.0 Å². The molecule has 3 heterocycles. The number of rotatable bonds is 0. The second-order valence-electron chi connectivity index (χ2n) is 7.06. The third-order valence-electron chi connectivity index (χ3n) is 5.14. The van der Waals surface area contributed by atoms with Crippen molar-refractivity contribution in [1.29, 1.82) is 0 Å². The summed E-state index contributed by atoms with van der Waals surface area (Å²) >= 11 is 1.86. The lowest BCUT2D eigenvalue weighted by Crippen LogP contribution is -2.32. The lowest BCUT2D eigenvalue weighted by Gasteiger charge is -2.44. The maximum absolute atomic E-state index is 4.79. The summed E-state index contributed by atoms with van der Waals surface area (Å²) in [6, 6.07) is 17.6. The number of anilines is 3. The average molecular weight is 330 g/mol. The van der Waals surface area contributed by atoms with Crippen molar-refractivity contribution in [2.75, 3.05) is 4.90 Å². The van der Waals surface area contributed by atoms with Crippen molar-refractivity contribution in [3.8, 4) is 0 Å². The minimum atomic E-state index is -0.0483. The van der Waals surface area contributed by atoms with Crippen molar-refractivity contribution in [1.82, 2.24) is 4.98 Å². The summed E-state index contributed by atoms with van der Waals surface area (Å²) in [7, 11) is 0. The van der Waals surface area contributed by atoms with Gasteiger partial charge in [0.15, 0.2) is 0 Å². The van der Waals surface area contributed by atoms with E-state index in [0.29, 0.717) is 0 Å². The van der Waals surface area contributed by atoms with E-state index in [1.165, 1.54) is 37.9 Å². The summed E-state index contributed by atoms with van der Waals surface area (Å²) in [5, 5.41) is 0. The highest BCUT2D eigenvalue weighted by molar-refractivity contribution is 7.99. The number of para-hydroxylation sites is 1. The molecule has 0 radical (unpaired) electrons. The molecule has 3 aromatic rings. The Morgan fingerprint density at radius 2 is 1.79 bits per heavy atom. The second kappa shape index (κ2) is 4.64. The van der Waals surface area contributed by atoms with Gasteiger partial charge in [-0.05, 0) is 42.3 Å². The molecule has 24 heavy (non-hydrogen) atoms. The smallest absolute Gasteiger partial charge is 0.141 e. The predicted molar refractivity (Wildman–Crippen MR) is 99.9 cm³/mol. The third-order valence-corrected chi connectivity index (χ3v) is 6.26. The van der Waals surface area contributed by atoms with Crippen molar-refractivity contribution in [3.05, 3.63) is 71.4 Å². The van der Waals surface area contributed by atoms with Crippen LogP contribution in [0.2, 0.25) is 0 Å². The molecule has 1 aromatic heterocycles. The maximum atomic E-state index is 4.79. The fraction of sp³-hybridized carbons (Fsp3) is 0.190. The maximum Gasteiger partial charge on any atom is 0.141 e. The normalized spacial score (nSPS) is 16.2. The molecule has 0 saturated carbocycles. The molecule has 5 rings (SSSR count). The van der Waals surface area contributed by atoms with E-state index in [2.05, 4.69) is 68.1 Å². The fourth-order valence-corrected chi connectivity index (χ4v) is 4.97. The Bertz CT molecular complexity index is 991. The number of nitrogens with zero attached hydrogens (tertiary/aromatic N) is 2. The van der Waals surface area contributed by atoms with Gasteiger partial charge in [-0.25, -0.2) is 4.98 Å². The standard InChI is InChI=1S/C21H18N2S/c1-13-9-10-17-16(12-13)23-19-14(6-4-8-18(19)24-17)21(2,3)15-7-5-11-22-20(15)23/h4-12H,1-3H3. The first kappa shape index (κ1) is 14.1. The van der Waals surface area contributed by atoms with E-state index in [1.807, 2.05) is 24.0 Å². The Balaban J connectivity index is 1.91. The van der Waals surface area contributed by atoms with Crippen LogP contribution in [0.5, 0.6) is 0 Å². The first-order valence-corrected chi connectivity index (χ1v) is 9.06.